The summed E-state index contributed by atoms with van der Waals surface area (Å²) in [6.45, 7) is 2.15. The van der Waals surface area contributed by atoms with Gasteiger partial charge in [-0.05, 0) is 6.92 Å². The van der Waals surface area contributed by atoms with Crippen molar-refractivity contribution < 1.29 is 13.6 Å². The van der Waals surface area contributed by atoms with Crippen molar-refractivity contribution in [2.75, 3.05) is 13.2 Å². The predicted octanol–water partition coefficient (Wildman–Crippen LogP) is 1.89. The van der Waals surface area contributed by atoms with Crippen LogP contribution in [0.25, 0.3) is 0 Å². The second-order valence-electron chi connectivity index (χ2n) is 1.57. The van der Waals surface area contributed by atoms with Crippen LogP contribution in [0.5, 0.6) is 0 Å². The smallest absolute Gasteiger partial charge is 0.117 e. The van der Waals surface area contributed by atoms with E-state index in [0.717, 1.165) is 0 Å². The average Bonchev–Trinajstić information content (AvgIpc) is 2.01. The van der Waals surface area contributed by atoms with Crippen molar-refractivity contribution in [3.63, 3.8) is 0 Å². The quantitative estimate of drug-likeness (QED) is 0.361. The molecule has 0 aliphatic carbocycles. The van der Waals surface area contributed by atoms with E-state index in [-0.39, 0.29) is 13.2 Å². The molecular formula is C7H10O3P+. The average molecular weight is 173 g/mol. The lowest BCUT2D eigenvalue weighted by atomic mass is 10.6. The van der Waals surface area contributed by atoms with Crippen molar-refractivity contribution in [2.24, 2.45) is 0 Å². The molecular weight excluding hydrogens is 163 g/mol. The Balaban J connectivity index is 3.31. The molecule has 0 aliphatic rings. The molecule has 0 heterocycles. The summed E-state index contributed by atoms with van der Waals surface area (Å²) in [5.74, 6) is 2.18. The maximum atomic E-state index is 10.7. The fourth-order valence-electron chi connectivity index (χ4n) is 0.327. The predicted molar refractivity (Wildman–Crippen MR) is 43.2 cm³/mol. The van der Waals surface area contributed by atoms with E-state index >= 15 is 0 Å². The van der Waals surface area contributed by atoms with Crippen molar-refractivity contribution in [3.05, 3.63) is 12.2 Å². The molecule has 0 saturated carbocycles. The molecule has 11 heavy (non-hydrogen) atoms. The first-order valence-electron chi connectivity index (χ1n) is 3.09. The van der Waals surface area contributed by atoms with Gasteiger partial charge in [-0.1, -0.05) is 18.1 Å². The third kappa shape index (κ3) is 7.21. The molecule has 60 valence electrons. The lowest BCUT2D eigenvalue weighted by molar-refractivity contribution is 0.264. The van der Waals surface area contributed by atoms with Gasteiger partial charge in [0.2, 0.25) is 0 Å². The van der Waals surface area contributed by atoms with Crippen LogP contribution in [0.1, 0.15) is 6.92 Å². The number of rotatable bonds is 5. The molecule has 0 spiro atoms. The molecule has 0 aromatic heterocycles. The fourth-order valence-corrected chi connectivity index (χ4v) is 0.790. The van der Waals surface area contributed by atoms with Gasteiger partial charge < -0.3 is 0 Å². The molecule has 0 radical (unpaired) electrons. The van der Waals surface area contributed by atoms with Crippen molar-refractivity contribution in [3.8, 4) is 12.3 Å². The van der Waals surface area contributed by atoms with Gasteiger partial charge in [0.15, 0.2) is 6.61 Å². The summed E-state index contributed by atoms with van der Waals surface area (Å²) in [6.07, 6.45) is 8.38. The first kappa shape index (κ1) is 10.3. The highest BCUT2D eigenvalue weighted by Crippen LogP contribution is 2.22. The molecule has 1 atom stereocenters. The summed E-state index contributed by atoms with van der Waals surface area (Å²) < 4.78 is 19.9. The van der Waals surface area contributed by atoms with Crippen molar-refractivity contribution in [1.29, 1.82) is 0 Å². The van der Waals surface area contributed by atoms with E-state index < -0.39 is 8.25 Å². The molecule has 0 rings (SSSR count). The van der Waals surface area contributed by atoms with Crippen LogP contribution in [-0.2, 0) is 13.6 Å². The molecule has 4 heteroatoms. The first-order chi connectivity index (χ1) is 5.31. The van der Waals surface area contributed by atoms with Crippen molar-refractivity contribution in [2.45, 2.75) is 6.92 Å². The van der Waals surface area contributed by atoms with Gasteiger partial charge in [-0.2, -0.15) is 0 Å². The first-order valence-corrected chi connectivity index (χ1v) is 4.18. The van der Waals surface area contributed by atoms with E-state index in [9.17, 15) is 4.57 Å². The fraction of sp³-hybridized carbons (Fsp3) is 0.429. The zero-order valence-corrected chi connectivity index (χ0v) is 7.21. The van der Waals surface area contributed by atoms with Gasteiger partial charge in [0.25, 0.3) is 0 Å². The Morgan fingerprint density at radius 1 is 1.64 bits per heavy atom. The topological polar surface area (TPSA) is 35.5 Å². The van der Waals surface area contributed by atoms with Crippen LogP contribution in [0.15, 0.2) is 12.2 Å². The van der Waals surface area contributed by atoms with E-state index in [1.165, 1.54) is 0 Å². The lowest BCUT2D eigenvalue weighted by Crippen LogP contribution is -1.85. The molecule has 3 nitrogen and oxygen atoms in total. The van der Waals surface area contributed by atoms with Gasteiger partial charge in [0.05, 0.1) is 0 Å². The standard InChI is InChI=1S/C7H10O3P/c1-3-5-7-10-11(8)9-6-4-2/h2-3,5H,6-7H2,1H3/q+1. The largest absolute Gasteiger partial charge is 0.698 e. The molecule has 0 aromatic rings. The van der Waals surface area contributed by atoms with E-state index in [4.69, 9.17) is 6.42 Å². The molecule has 0 aliphatic heterocycles. The maximum Gasteiger partial charge on any atom is 0.698 e. The number of allylic oxidation sites excluding steroid dienone is 1. The normalized spacial score (nSPS) is 11.5. The molecule has 0 bridgehead atoms. The van der Waals surface area contributed by atoms with E-state index in [0.29, 0.717) is 0 Å². The van der Waals surface area contributed by atoms with E-state index in [2.05, 4.69) is 15.0 Å². The highest BCUT2D eigenvalue weighted by molar-refractivity contribution is 7.33. The summed E-state index contributed by atoms with van der Waals surface area (Å²) in [7, 11) is -2.04. The van der Waals surface area contributed by atoms with Gasteiger partial charge in [0.1, 0.15) is 6.61 Å². The van der Waals surface area contributed by atoms with Crippen molar-refractivity contribution >= 4 is 8.25 Å². The second kappa shape index (κ2) is 7.43. The molecule has 1 unspecified atom stereocenters. The Hall–Kier alpha value is -0.680. The Morgan fingerprint density at radius 3 is 2.91 bits per heavy atom. The zero-order chi connectivity index (χ0) is 8.53. The SMILES string of the molecule is C#CCO[P+](=O)OCC=CC. The summed E-state index contributed by atoms with van der Waals surface area (Å²) >= 11 is 0. The van der Waals surface area contributed by atoms with Gasteiger partial charge in [-0.15, -0.1) is 15.5 Å². The monoisotopic (exact) mass is 173 g/mol. The Labute approximate surface area is 67.3 Å². The maximum absolute atomic E-state index is 10.7. The molecule has 0 amide bonds. The van der Waals surface area contributed by atoms with Crippen LogP contribution in [-0.4, -0.2) is 13.2 Å². The number of terminal acetylenes is 1. The lowest BCUT2D eigenvalue weighted by Gasteiger charge is -1.81. The minimum absolute atomic E-state index is 0.0189. The Bertz CT molecular complexity index is 181. The summed E-state index contributed by atoms with van der Waals surface area (Å²) in [5.41, 5.74) is 0. The van der Waals surface area contributed by atoms with Gasteiger partial charge in [-0.3, -0.25) is 0 Å². The van der Waals surface area contributed by atoms with Crippen LogP contribution in [0.2, 0.25) is 0 Å². The summed E-state index contributed by atoms with van der Waals surface area (Å²) in [4.78, 5) is 0. The molecule has 0 aromatic carbocycles. The number of hydrogen-bond acceptors (Lipinski definition) is 3. The highest BCUT2D eigenvalue weighted by Gasteiger charge is 2.17. The van der Waals surface area contributed by atoms with Crippen LogP contribution in [0, 0.1) is 12.3 Å². The minimum atomic E-state index is -2.04. The summed E-state index contributed by atoms with van der Waals surface area (Å²) in [6, 6.07) is 0. The van der Waals surface area contributed by atoms with Crippen molar-refractivity contribution in [1.82, 2.24) is 0 Å². The van der Waals surface area contributed by atoms with Crippen LogP contribution >= 0.6 is 8.25 Å². The van der Waals surface area contributed by atoms with Gasteiger partial charge >= 0.3 is 8.25 Å². The minimum Gasteiger partial charge on any atom is -0.117 e. The molecule has 0 N–H and O–H groups in total. The van der Waals surface area contributed by atoms with Crippen LogP contribution < -0.4 is 0 Å². The van der Waals surface area contributed by atoms with Gasteiger partial charge in [0, 0.05) is 4.57 Å². The van der Waals surface area contributed by atoms with E-state index in [1.807, 2.05) is 6.92 Å². The molecule has 0 saturated heterocycles. The van der Waals surface area contributed by atoms with Crippen LogP contribution in [0.3, 0.4) is 0 Å². The Kier molecular flexibility index (Phi) is 6.97. The second-order valence-corrected chi connectivity index (χ2v) is 2.53. The zero-order valence-electron chi connectivity index (χ0n) is 6.32. The third-order valence-corrected chi connectivity index (χ3v) is 1.46. The Morgan fingerprint density at radius 2 is 2.36 bits per heavy atom. The van der Waals surface area contributed by atoms with Gasteiger partial charge in [-0.25, -0.2) is 0 Å². The van der Waals surface area contributed by atoms with E-state index in [1.54, 1.807) is 12.2 Å². The molecule has 0 fully saturated rings. The highest BCUT2D eigenvalue weighted by atomic mass is 31.1. The summed E-state index contributed by atoms with van der Waals surface area (Å²) in [5, 5.41) is 0. The third-order valence-electron chi connectivity index (χ3n) is 0.765. The number of hydrogen-bond donors (Lipinski definition) is 0. The van der Waals surface area contributed by atoms with Crippen LogP contribution in [0.4, 0.5) is 0 Å².